The second-order valence-electron chi connectivity index (χ2n) is 4.95. The lowest BCUT2D eigenvalue weighted by molar-refractivity contribution is 0.0562. The second kappa shape index (κ2) is 6.76. The van der Waals surface area contributed by atoms with Crippen molar-refractivity contribution in [3.63, 3.8) is 0 Å². The van der Waals surface area contributed by atoms with Crippen LogP contribution in [-0.4, -0.2) is 32.4 Å². The molecule has 3 heteroatoms. The summed E-state index contributed by atoms with van der Waals surface area (Å²) in [6.07, 6.45) is 4.26. The fourth-order valence-electron chi connectivity index (χ4n) is 2.36. The van der Waals surface area contributed by atoms with E-state index in [1.54, 1.807) is 7.11 Å². The summed E-state index contributed by atoms with van der Waals surface area (Å²) in [6, 6.07) is 8.24. The first kappa shape index (κ1) is 13.4. The molecule has 0 radical (unpaired) electrons. The summed E-state index contributed by atoms with van der Waals surface area (Å²) in [7, 11) is 1.70. The van der Waals surface area contributed by atoms with Crippen LogP contribution >= 0.6 is 0 Å². The second-order valence-corrected chi connectivity index (χ2v) is 4.95. The van der Waals surface area contributed by atoms with E-state index in [2.05, 4.69) is 24.4 Å². The number of methoxy groups -OCH3 is 1. The first-order chi connectivity index (χ1) is 8.78. The Labute approximate surface area is 109 Å². The molecule has 1 heterocycles. The summed E-state index contributed by atoms with van der Waals surface area (Å²) in [5, 5.41) is 3.47. The SMILES string of the molecule is COc1cccc(CCNCC2CCC(C)O2)c1. The molecule has 0 amide bonds. The summed E-state index contributed by atoms with van der Waals surface area (Å²) in [5.41, 5.74) is 1.31. The minimum Gasteiger partial charge on any atom is -0.497 e. The van der Waals surface area contributed by atoms with Gasteiger partial charge in [0.15, 0.2) is 0 Å². The number of nitrogens with one attached hydrogen (secondary N) is 1. The van der Waals surface area contributed by atoms with Gasteiger partial charge in [0.1, 0.15) is 5.75 Å². The van der Waals surface area contributed by atoms with E-state index in [0.717, 1.165) is 25.3 Å². The van der Waals surface area contributed by atoms with E-state index in [1.807, 2.05) is 12.1 Å². The highest BCUT2D eigenvalue weighted by Crippen LogP contribution is 2.18. The quantitative estimate of drug-likeness (QED) is 0.785. The fraction of sp³-hybridized carbons (Fsp3) is 0.600. The van der Waals surface area contributed by atoms with Gasteiger partial charge in [-0.15, -0.1) is 0 Å². The van der Waals surface area contributed by atoms with Gasteiger partial charge in [0, 0.05) is 6.54 Å². The van der Waals surface area contributed by atoms with E-state index in [1.165, 1.54) is 18.4 Å². The molecule has 0 aliphatic carbocycles. The summed E-state index contributed by atoms with van der Waals surface area (Å²) < 4.78 is 11.0. The molecule has 1 saturated heterocycles. The van der Waals surface area contributed by atoms with Crippen LogP contribution in [0.1, 0.15) is 25.3 Å². The van der Waals surface area contributed by atoms with Gasteiger partial charge >= 0.3 is 0 Å². The van der Waals surface area contributed by atoms with Gasteiger partial charge in [0.2, 0.25) is 0 Å². The van der Waals surface area contributed by atoms with Crippen molar-refractivity contribution in [3.05, 3.63) is 29.8 Å². The van der Waals surface area contributed by atoms with Gasteiger partial charge in [0.05, 0.1) is 19.3 Å². The Bertz CT molecular complexity index is 367. The monoisotopic (exact) mass is 249 g/mol. The van der Waals surface area contributed by atoms with Crippen molar-refractivity contribution >= 4 is 0 Å². The van der Waals surface area contributed by atoms with Gasteiger partial charge in [-0.3, -0.25) is 0 Å². The number of ether oxygens (including phenoxy) is 2. The van der Waals surface area contributed by atoms with Crippen LogP contribution in [-0.2, 0) is 11.2 Å². The molecule has 0 spiro atoms. The maximum absolute atomic E-state index is 5.77. The van der Waals surface area contributed by atoms with E-state index >= 15 is 0 Å². The van der Waals surface area contributed by atoms with Crippen LogP contribution in [0.25, 0.3) is 0 Å². The van der Waals surface area contributed by atoms with Crippen molar-refractivity contribution in [1.82, 2.24) is 5.32 Å². The minimum atomic E-state index is 0.408. The molecule has 1 fully saturated rings. The highest BCUT2D eigenvalue weighted by molar-refractivity contribution is 5.28. The Hall–Kier alpha value is -1.06. The molecule has 1 aromatic rings. The minimum absolute atomic E-state index is 0.408. The molecule has 3 nitrogen and oxygen atoms in total. The van der Waals surface area contributed by atoms with E-state index in [0.29, 0.717) is 12.2 Å². The molecule has 1 aliphatic rings. The van der Waals surface area contributed by atoms with Crippen molar-refractivity contribution in [3.8, 4) is 5.75 Å². The lowest BCUT2D eigenvalue weighted by atomic mass is 10.1. The Morgan fingerprint density at radius 3 is 3.00 bits per heavy atom. The predicted octanol–water partition coefficient (Wildman–Crippen LogP) is 2.39. The summed E-state index contributed by atoms with van der Waals surface area (Å²) in [6.45, 7) is 4.10. The van der Waals surface area contributed by atoms with Crippen molar-refractivity contribution in [2.45, 2.75) is 38.4 Å². The third-order valence-corrected chi connectivity index (χ3v) is 3.42. The Balaban J connectivity index is 1.65. The molecular formula is C15H23NO2. The summed E-state index contributed by atoms with van der Waals surface area (Å²) >= 11 is 0. The van der Waals surface area contributed by atoms with Gasteiger partial charge in [-0.1, -0.05) is 12.1 Å². The molecule has 18 heavy (non-hydrogen) atoms. The van der Waals surface area contributed by atoms with E-state index < -0.39 is 0 Å². The van der Waals surface area contributed by atoms with Crippen LogP contribution in [0.4, 0.5) is 0 Å². The van der Waals surface area contributed by atoms with Gasteiger partial charge < -0.3 is 14.8 Å². The standard InChI is InChI=1S/C15H23NO2/c1-12-6-7-15(18-12)11-16-9-8-13-4-3-5-14(10-13)17-2/h3-5,10,12,15-16H,6-9,11H2,1-2H3. The Morgan fingerprint density at radius 2 is 2.28 bits per heavy atom. The van der Waals surface area contributed by atoms with Crippen LogP contribution in [0.5, 0.6) is 5.75 Å². The van der Waals surface area contributed by atoms with Crippen molar-refractivity contribution in [2.24, 2.45) is 0 Å². The molecule has 100 valence electrons. The zero-order chi connectivity index (χ0) is 12.8. The molecule has 2 atom stereocenters. The van der Waals surface area contributed by atoms with Crippen LogP contribution in [0.2, 0.25) is 0 Å². The molecule has 2 rings (SSSR count). The zero-order valence-electron chi connectivity index (χ0n) is 11.3. The molecule has 0 bridgehead atoms. The van der Waals surface area contributed by atoms with Gasteiger partial charge in [-0.05, 0) is 50.4 Å². The van der Waals surface area contributed by atoms with Crippen molar-refractivity contribution in [1.29, 1.82) is 0 Å². The van der Waals surface area contributed by atoms with E-state index in [-0.39, 0.29) is 0 Å². The molecule has 1 aromatic carbocycles. The van der Waals surface area contributed by atoms with Gasteiger partial charge in [-0.2, -0.15) is 0 Å². The largest absolute Gasteiger partial charge is 0.497 e. The lowest BCUT2D eigenvalue weighted by Crippen LogP contribution is -2.28. The summed E-state index contributed by atoms with van der Waals surface area (Å²) in [4.78, 5) is 0. The predicted molar refractivity (Wildman–Crippen MR) is 73.1 cm³/mol. The normalized spacial score (nSPS) is 23.2. The average Bonchev–Trinajstić information content (AvgIpc) is 2.81. The fourth-order valence-corrected chi connectivity index (χ4v) is 2.36. The number of benzene rings is 1. The number of hydrogen-bond acceptors (Lipinski definition) is 3. The highest BCUT2D eigenvalue weighted by atomic mass is 16.5. The van der Waals surface area contributed by atoms with Crippen LogP contribution in [0.15, 0.2) is 24.3 Å². The first-order valence-electron chi connectivity index (χ1n) is 6.77. The Morgan fingerprint density at radius 1 is 1.39 bits per heavy atom. The third-order valence-electron chi connectivity index (χ3n) is 3.42. The lowest BCUT2D eigenvalue weighted by Gasteiger charge is -2.12. The topological polar surface area (TPSA) is 30.5 Å². The van der Waals surface area contributed by atoms with Crippen LogP contribution in [0.3, 0.4) is 0 Å². The molecule has 1 N–H and O–H groups in total. The highest BCUT2D eigenvalue weighted by Gasteiger charge is 2.20. The van der Waals surface area contributed by atoms with Gasteiger partial charge in [-0.25, -0.2) is 0 Å². The number of hydrogen-bond donors (Lipinski definition) is 1. The smallest absolute Gasteiger partial charge is 0.119 e. The third kappa shape index (κ3) is 4.00. The maximum Gasteiger partial charge on any atom is 0.119 e. The summed E-state index contributed by atoms with van der Waals surface area (Å²) in [5.74, 6) is 0.931. The van der Waals surface area contributed by atoms with Crippen molar-refractivity contribution < 1.29 is 9.47 Å². The van der Waals surface area contributed by atoms with E-state index in [4.69, 9.17) is 9.47 Å². The van der Waals surface area contributed by atoms with E-state index in [9.17, 15) is 0 Å². The molecule has 0 saturated carbocycles. The maximum atomic E-state index is 5.77. The molecule has 2 unspecified atom stereocenters. The average molecular weight is 249 g/mol. The molecule has 0 aromatic heterocycles. The first-order valence-corrected chi connectivity index (χ1v) is 6.77. The van der Waals surface area contributed by atoms with Crippen LogP contribution < -0.4 is 10.1 Å². The van der Waals surface area contributed by atoms with Crippen LogP contribution in [0, 0.1) is 0 Å². The number of rotatable bonds is 6. The van der Waals surface area contributed by atoms with Gasteiger partial charge in [0.25, 0.3) is 0 Å². The molecule has 1 aliphatic heterocycles. The van der Waals surface area contributed by atoms with Crippen molar-refractivity contribution in [2.75, 3.05) is 20.2 Å². The zero-order valence-corrected chi connectivity index (χ0v) is 11.3. The molecular weight excluding hydrogens is 226 g/mol. The Kier molecular flexibility index (Phi) is 5.02.